The maximum atomic E-state index is 12.9. The first kappa shape index (κ1) is 18.5. The van der Waals surface area contributed by atoms with E-state index >= 15 is 0 Å². The Bertz CT molecular complexity index is 770. The Balaban J connectivity index is 2.56. The van der Waals surface area contributed by atoms with E-state index in [9.17, 15) is 18.0 Å². The molecular weight excluding hydrogens is 341 g/mol. The molecule has 1 aromatic heterocycles. The molecule has 2 aromatic rings. The number of halogens is 3. The number of carboxylic acid groups (broad SMARTS) is 1. The van der Waals surface area contributed by atoms with Gasteiger partial charge in [-0.1, -0.05) is 20.8 Å². The summed E-state index contributed by atoms with van der Waals surface area (Å²) in [5.41, 5.74) is -0.734. The van der Waals surface area contributed by atoms with Crippen LogP contribution in [-0.2, 0) is 16.4 Å². The number of fused-ring (bicyclic) bond motifs is 1. The van der Waals surface area contributed by atoms with Crippen molar-refractivity contribution in [3.63, 3.8) is 0 Å². The van der Waals surface area contributed by atoms with Gasteiger partial charge in [0.2, 0.25) is 0 Å². The van der Waals surface area contributed by atoms with Gasteiger partial charge in [0.25, 0.3) is 0 Å². The van der Waals surface area contributed by atoms with Crippen LogP contribution in [0.2, 0.25) is 0 Å². The van der Waals surface area contributed by atoms with Crippen molar-refractivity contribution >= 4 is 28.6 Å². The van der Waals surface area contributed by atoms with Crippen molar-refractivity contribution in [2.24, 2.45) is 0 Å². The molecule has 8 heteroatoms. The SMILES string of the molecule is CC(C)(C)c1nc(SCCC(=O)O)c2cc(C(F)(F)F)ccc2n1. The molecule has 1 aromatic carbocycles. The molecule has 0 aliphatic heterocycles. The number of carbonyl (C=O) groups is 1. The molecule has 0 aliphatic rings. The predicted octanol–water partition coefficient (Wildman–Crippen LogP) is 4.51. The van der Waals surface area contributed by atoms with Gasteiger partial charge in [0, 0.05) is 16.6 Å². The third-order valence-electron chi connectivity index (χ3n) is 3.21. The Hall–Kier alpha value is -1.83. The van der Waals surface area contributed by atoms with Crippen LogP contribution in [0, 0.1) is 0 Å². The smallest absolute Gasteiger partial charge is 0.416 e. The fourth-order valence-electron chi connectivity index (χ4n) is 1.96. The highest BCUT2D eigenvalue weighted by Crippen LogP contribution is 2.35. The second-order valence-electron chi connectivity index (χ2n) is 6.32. The minimum Gasteiger partial charge on any atom is -0.481 e. The van der Waals surface area contributed by atoms with E-state index in [-0.39, 0.29) is 23.0 Å². The number of benzene rings is 1. The largest absolute Gasteiger partial charge is 0.481 e. The highest BCUT2D eigenvalue weighted by Gasteiger charge is 2.31. The van der Waals surface area contributed by atoms with E-state index in [4.69, 9.17) is 5.11 Å². The van der Waals surface area contributed by atoms with Crippen LogP contribution in [0.15, 0.2) is 23.2 Å². The van der Waals surface area contributed by atoms with E-state index in [1.54, 1.807) is 0 Å². The first-order valence-electron chi connectivity index (χ1n) is 7.22. The number of carboxylic acids is 1. The highest BCUT2D eigenvalue weighted by molar-refractivity contribution is 7.99. The number of aromatic nitrogens is 2. The molecule has 0 fully saturated rings. The topological polar surface area (TPSA) is 63.1 Å². The number of aliphatic carboxylic acids is 1. The Morgan fingerprint density at radius 3 is 2.42 bits per heavy atom. The van der Waals surface area contributed by atoms with Gasteiger partial charge in [0.1, 0.15) is 10.9 Å². The molecule has 4 nitrogen and oxygen atoms in total. The van der Waals surface area contributed by atoms with E-state index in [2.05, 4.69) is 9.97 Å². The van der Waals surface area contributed by atoms with Crippen molar-refractivity contribution in [3.05, 3.63) is 29.6 Å². The predicted molar refractivity (Wildman–Crippen MR) is 86.2 cm³/mol. The molecule has 1 heterocycles. The summed E-state index contributed by atoms with van der Waals surface area (Å²) in [4.78, 5) is 19.4. The average Bonchev–Trinajstić information content (AvgIpc) is 2.44. The molecule has 0 bridgehead atoms. The minimum absolute atomic E-state index is 0.0972. The maximum absolute atomic E-state index is 12.9. The van der Waals surface area contributed by atoms with Gasteiger partial charge in [-0.3, -0.25) is 4.79 Å². The number of alkyl halides is 3. The van der Waals surface area contributed by atoms with Crippen LogP contribution in [0.25, 0.3) is 10.9 Å². The summed E-state index contributed by atoms with van der Waals surface area (Å²) >= 11 is 1.13. The molecule has 0 saturated heterocycles. The number of nitrogens with zero attached hydrogens (tertiary/aromatic N) is 2. The van der Waals surface area contributed by atoms with Gasteiger partial charge in [-0.05, 0) is 18.2 Å². The number of thioether (sulfide) groups is 1. The van der Waals surface area contributed by atoms with Gasteiger partial charge in [-0.2, -0.15) is 13.2 Å². The second-order valence-corrected chi connectivity index (χ2v) is 7.41. The molecular formula is C16H17F3N2O2S. The summed E-state index contributed by atoms with van der Waals surface area (Å²) in [6.07, 6.45) is -4.56. The summed E-state index contributed by atoms with van der Waals surface area (Å²) in [5.74, 6) is -0.234. The molecule has 0 spiro atoms. The monoisotopic (exact) mass is 358 g/mol. The first-order chi connectivity index (χ1) is 11.0. The Morgan fingerprint density at radius 2 is 1.88 bits per heavy atom. The number of hydrogen-bond acceptors (Lipinski definition) is 4. The lowest BCUT2D eigenvalue weighted by molar-refractivity contribution is -0.138. The normalized spacial score (nSPS) is 12.6. The standard InChI is InChI=1S/C16H17F3N2O2S/c1-15(2,3)14-20-11-5-4-9(16(17,18)19)8-10(11)13(21-14)24-7-6-12(22)23/h4-5,8H,6-7H2,1-3H3,(H,22,23). The van der Waals surface area contributed by atoms with Crippen LogP contribution in [0.4, 0.5) is 13.2 Å². The van der Waals surface area contributed by atoms with E-state index in [1.807, 2.05) is 20.8 Å². The zero-order valence-corrected chi connectivity index (χ0v) is 14.3. The maximum Gasteiger partial charge on any atom is 0.416 e. The van der Waals surface area contributed by atoms with Crippen molar-refractivity contribution in [2.75, 3.05) is 5.75 Å². The molecule has 0 amide bonds. The third kappa shape index (κ3) is 4.37. The van der Waals surface area contributed by atoms with E-state index in [0.717, 1.165) is 23.9 Å². The minimum atomic E-state index is -4.46. The van der Waals surface area contributed by atoms with Crippen LogP contribution in [0.1, 0.15) is 38.6 Å². The fraction of sp³-hybridized carbons (Fsp3) is 0.438. The summed E-state index contributed by atoms with van der Waals surface area (Å²) in [7, 11) is 0. The van der Waals surface area contributed by atoms with Crippen LogP contribution in [0.5, 0.6) is 0 Å². The third-order valence-corrected chi connectivity index (χ3v) is 4.21. The fourth-order valence-corrected chi connectivity index (χ4v) is 2.90. The van der Waals surface area contributed by atoms with Gasteiger partial charge >= 0.3 is 12.1 Å². The molecule has 0 radical (unpaired) electrons. The Kier molecular flexibility index (Phi) is 5.08. The summed E-state index contributed by atoms with van der Waals surface area (Å²) < 4.78 is 38.8. The zero-order chi connectivity index (χ0) is 18.1. The molecule has 0 unspecified atom stereocenters. The molecule has 2 rings (SSSR count). The van der Waals surface area contributed by atoms with E-state index in [1.165, 1.54) is 6.07 Å². The summed E-state index contributed by atoms with van der Waals surface area (Å²) in [5, 5.41) is 9.40. The van der Waals surface area contributed by atoms with Crippen molar-refractivity contribution in [2.45, 2.75) is 43.8 Å². The lowest BCUT2D eigenvalue weighted by Crippen LogP contribution is -2.17. The summed E-state index contributed by atoms with van der Waals surface area (Å²) in [6.45, 7) is 5.72. The van der Waals surface area contributed by atoms with E-state index in [0.29, 0.717) is 16.4 Å². The lowest BCUT2D eigenvalue weighted by Gasteiger charge is -2.19. The number of hydrogen-bond donors (Lipinski definition) is 1. The molecule has 0 aliphatic carbocycles. The van der Waals surface area contributed by atoms with Gasteiger partial charge in [0.05, 0.1) is 17.5 Å². The molecule has 0 atom stereocenters. The molecule has 1 N–H and O–H groups in total. The average molecular weight is 358 g/mol. The van der Waals surface area contributed by atoms with Crippen molar-refractivity contribution in [1.29, 1.82) is 0 Å². The molecule has 0 saturated carbocycles. The van der Waals surface area contributed by atoms with Crippen LogP contribution in [0.3, 0.4) is 0 Å². The Labute approximate surface area is 141 Å². The van der Waals surface area contributed by atoms with Gasteiger partial charge < -0.3 is 5.11 Å². The van der Waals surface area contributed by atoms with Crippen molar-refractivity contribution in [3.8, 4) is 0 Å². The quantitative estimate of drug-likeness (QED) is 0.643. The number of rotatable bonds is 4. The van der Waals surface area contributed by atoms with Gasteiger partial charge in [-0.25, -0.2) is 9.97 Å². The lowest BCUT2D eigenvalue weighted by atomic mass is 9.95. The van der Waals surface area contributed by atoms with Crippen LogP contribution in [-0.4, -0.2) is 26.8 Å². The molecule has 130 valence electrons. The van der Waals surface area contributed by atoms with Gasteiger partial charge in [-0.15, -0.1) is 11.8 Å². The van der Waals surface area contributed by atoms with Crippen LogP contribution >= 0.6 is 11.8 Å². The van der Waals surface area contributed by atoms with E-state index < -0.39 is 17.7 Å². The first-order valence-corrected chi connectivity index (χ1v) is 8.21. The van der Waals surface area contributed by atoms with Crippen LogP contribution < -0.4 is 0 Å². The van der Waals surface area contributed by atoms with Gasteiger partial charge in [0.15, 0.2) is 0 Å². The summed E-state index contributed by atoms with van der Waals surface area (Å²) in [6, 6.07) is 3.34. The van der Waals surface area contributed by atoms with Crippen molar-refractivity contribution in [1.82, 2.24) is 9.97 Å². The second kappa shape index (κ2) is 6.58. The Morgan fingerprint density at radius 1 is 1.21 bits per heavy atom. The zero-order valence-electron chi connectivity index (χ0n) is 13.4. The highest BCUT2D eigenvalue weighted by atomic mass is 32.2. The molecule has 24 heavy (non-hydrogen) atoms. The van der Waals surface area contributed by atoms with Crippen molar-refractivity contribution < 1.29 is 23.1 Å².